The number of hydrogen-bond acceptors (Lipinski definition) is 6. The Kier molecular flexibility index (Phi) is 5.87. The van der Waals surface area contributed by atoms with Crippen molar-refractivity contribution in [2.75, 3.05) is 21.3 Å². The topological polar surface area (TPSA) is 86.0 Å². The second kappa shape index (κ2) is 8.33. The molecule has 0 spiro atoms. The molecule has 0 amide bonds. The summed E-state index contributed by atoms with van der Waals surface area (Å²) in [5.74, 6) is 1.78. The van der Waals surface area contributed by atoms with Crippen molar-refractivity contribution >= 4 is 0 Å². The lowest BCUT2D eigenvalue weighted by atomic mass is 9.99. The van der Waals surface area contributed by atoms with E-state index in [2.05, 4.69) is 4.98 Å². The largest absolute Gasteiger partial charge is 0.497 e. The van der Waals surface area contributed by atoms with Crippen LogP contribution in [0, 0.1) is 0 Å². The third-order valence-electron chi connectivity index (χ3n) is 4.69. The maximum atomic E-state index is 11.0. The molecule has 3 aromatic rings. The summed E-state index contributed by atoms with van der Waals surface area (Å²) in [5, 5.41) is 21.9. The first kappa shape index (κ1) is 19.7. The number of hydrogen-bond donors (Lipinski definition) is 2. The van der Waals surface area contributed by atoms with E-state index < -0.39 is 12.2 Å². The smallest absolute Gasteiger partial charge is 0.161 e. The standard InChI is InChI=1S/C21H24N2O5/c1-23-12-22-18(20(24)13-5-8-15(26-2)9-6-13)19(23)21(25)14-7-10-16(27-3)17(11-14)28-4/h5-12,20-21,24-25H,1-4H3. The Morgan fingerprint density at radius 3 is 2.07 bits per heavy atom. The molecule has 1 aromatic heterocycles. The SMILES string of the molecule is COc1ccc(C(O)c2ncn(C)c2C(O)c2ccc(OC)c(OC)c2)cc1. The summed E-state index contributed by atoms with van der Waals surface area (Å²) in [6.45, 7) is 0. The number of benzene rings is 2. The van der Waals surface area contributed by atoms with Gasteiger partial charge in [0.15, 0.2) is 11.5 Å². The van der Waals surface area contributed by atoms with Gasteiger partial charge in [0.05, 0.1) is 39.0 Å². The number of aromatic nitrogens is 2. The van der Waals surface area contributed by atoms with Gasteiger partial charge in [0.2, 0.25) is 0 Å². The van der Waals surface area contributed by atoms with Crippen LogP contribution >= 0.6 is 0 Å². The van der Waals surface area contributed by atoms with Gasteiger partial charge >= 0.3 is 0 Å². The summed E-state index contributed by atoms with van der Waals surface area (Å²) in [6, 6.07) is 12.3. The van der Waals surface area contributed by atoms with Crippen LogP contribution in [0.5, 0.6) is 17.2 Å². The van der Waals surface area contributed by atoms with Crippen LogP contribution in [0.1, 0.15) is 34.7 Å². The lowest BCUT2D eigenvalue weighted by molar-refractivity contribution is 0.188. The zero-order valence-corrected chi connectivity index (χ0v) is 16.3. The molecule has 0 aliphatic heterocycles. The zero-order valence-electron chi connectivity index (χ0n) is 16.3. The Morgan fingerprint density at radius 2 is 1.46 bits per heavy atom. The fraction of sp³-hybridized carbons (Fsp3) is 0.286. The highest BCUT2D eigenvalue weighted by molar-refractivity contribution is 5.45. The Morgan fingerprint density at radius 1 is 0.821 bits per heavy atom. The molecule has 0 saturated carbocycles. The van der Waals surface area contributed by atoms with Crippen LogP contribution in [-0.2, 0) is 7.05 Å². The van der Waals surface area contributed by atoms with E-state index in [0.29, 0.717) is 39.8 Å². The van der Waals surface area contributed by atoms with Gasteiger partial charge in [-0.25, -0.2) is 4.98 Å². The van der Waals surface area contributed by atoms with E-state index in [-0.39, 0.29) is 0 Å². The molecule has 0 saturated heterocycles. The molecule has 2 atom stereocenters. The minimum atomic E-state index is -1.00. The van der Waals surface area contributed by atoms with Crippen molar-refractivity contribution in [2.24, 2.45) is 7.05 Å². The minimum Gasteiger partial charge on any atom is -0.497 e. The Hall–Kier alpha value is -3.03. The first-order valence-electron chi connectivity index (χ1n) is 8.73. The van der Waals surface area contributed by atoms with Crippen molar-refractivity contribution < 1.29 is 24.4 Å². The van der Waals surface area contributed by atoms with Gasteiger partial charge in [-0.05, 0) is 35.4 Å². The minimum absolute atomic E-state index is 0.384. The molecule has 0 fully saturated rings. The predicted molar refractivity (Wildman–Crippen MR) is 104 cm³/mol. The number of aryl methyl sites for hydroxylation is 1. The van der Waals surface area contributed by atoms with Crippen LogP contribution in [0.25, 0.3) is 0 Å². The monoisotopic (exact) mass is 384 g/mol. The first-order valence-corrected chi connectivity index (χ1v) is 8.73. The molecule has 1 heterocycles. The van der Waals surface area contributed by atoms with Crippen molar-refractivity contribution in [2.45, 2.75) is 12.2 Å². The molecule has 2 aromatic carbocycles. The molecule has 0 aliphatic carbocycles. The van der Waals surface area contributed by atoms with Crippen LogP contribution in [-0.4, -0.2) is 41.1 Å². The molecule has 2 N–H and O–H groups in total. The van der Waals surface area contributed by atoms with Crippen LogP contribution in [0.3, 0.4) is 0 Å². The Bertz CT molecular complexity index is 936. The first-order chi connectivity index (χ1) is 13.5. The average Bonchev–Trinajstić information content (AvgIpc) is 3.13. The third kappa shape index (κ3) is 3.67. The van der Waals surface area contributed by atoms with E-state index in [1.165, 1.54) is 7.11 Å². The fourth-order valence-electron chi connectivity index (χ4n) is 3.13. The van der Waals surface area contributed by atoms with Crippen LogP contribution < -0.4 is 14.2 Å². The maximum absolute atomic E-state index is 11.0. The fourth-order valence-corrected chi connectivity index (χ4v) is 3.13. The second-order valence-electron chi connectivity index (χ2n) is 6.32. The van der Waals surface area contributed by atoms with Crippen LogP contribution in [0.4, 0.5) is 0 Å². The van der Waals surface area contributed by atoms with E-state index >= 15 is 0 Å². The third-order valence-corrected chi connectivity index (χ3v) is 4.69. The molecule has 3 rings (SSSR count). The average molecular weight is 384 g/mol. The van der Waals surface area contributed by atoms with Crippen molar-refractivity contribution in [3.63, 3.8) is 0 Å². The van der Waals surface area contributed by atoms with Gasteiger partial charge in [-0.2, -0.15) is 0 Å². The Balaban J connectivity index is 1.97. The van der Waals surface area contributed by atoms with E-state index in [1.54, 1.807) is 74.6 Å². The number of ether oxygens (including phenoxy) is 3. The molecule has 28 heavy (non-hydrogen) atoms. The molecule has 7 heteroatoms. The summed E-state index contributed by atoms with van der Waals surface area (Å²) in [6.07, 6.45) is -0.423. The summed E-state index contributed by atoms with van der Waals surface area (Å²) < 4.78 is 17.4. The lowest BCUT2D eigenvalue weighted by Crippen LogP contribution is -2.12. The second-order valence-corrected chi connectivity index (χ2v) is 6.32. The van der Waals surface area contributed by atoms with E-state index in [4.69, 9.17) is 14.2 Å². The van der Waals surface area contributed by atoms with Crippen LogP contribution in [0.2, 0.25) is 0 Å². The normalized spacial score (nSPS) is 13.1. The van der Waals surface area contributed by atoms with E-state index in [0.717, 1.165) is 0 Å². The number of aliphatic hydroxyl groups is 2. The highest BCUT2D eigenvalue weighted by Crippen LogP contribution is 2.35. The summed E-state index contributed by atoms with van der Waals surface area (Å²) in [5.41, 5.74) is 2.13. The van der Waals surface area contributed by atoms with Crippen LogP contribution in [0.15, 0.2) is 48.8 Å². The summed E-state index contributed by atoms with van der Waals surface area (Å²) in [7, 11) is 6.45. The quantitative estimate of drug-likeness (QED) is 0.651. The van der Waals surface area contributed by atoms with Crippen molar-refractivity contribution in [3.05, 3.63) is 71.3 Å². The summed E-state index contributed by atoms with van der Waals surface area (Å²) >= 11 is 0. The maximum Gasteiger partial charge on any atom is 0.161 e. The van der Waals surface area contributed by atoms with Crippen molar-refractivity contribution in [1.82, 2.24) is 9.55 Å². The molecule has 0 bridgehead atoms. The van der Waals surface area contributed by atoms with Gasteiger partial charge < -0.3 is 29.0 Å². The number of aliphatic hydroxyl groups excluding tert-OH is 2. The van der Waals surface area contributed by atoms with Gasteiger partial charge in [-0.15, -0.1) is 0 Å². The molecule has 148 valence electrons. The molecule has 0 aliphatic rings. The predicted octanol–water partition coefficient (Wildman–Crippen LogP) is 2.61. The van der Waals surface area contributed by atoms with Crippen molar-refractivity contribution in [3.8, 4) is 17.2 Å². The van der Waals surface area contributed by atoms with Gasteiger partial charge in [0.25, 0.3) is 0 Å². The lowest BCUT2D eigenvalue weighted by Gasteiger charge is -2.18. The number of nitrogens with zero attached hydrogens (tertiary/aromatic N) is 2. The van der Waals surface area contributed by atoms with Gasteiger partial charge in [0.1, 0.15) is 18.0 Å². The van der Waals surface area contributed by atoms with Gasteiger partial charge in [0, 0.05) is 7.05 Å². The highest BCUT2D eigenvalue weighted by atomic mass is 16.5. The number of methoxy groups -OCH3 is 3. The number of rotatable bonds is 7. The molecule has 0 radical (unpaired) electrons. The molecular weight excluding hydrogens is 360 g/mol. The molecular formula is C21H24N2O5. The summed E-state index contributed by atoms with van der Waals surface area (Å²) in [4.78, 5) is 4.32. The Labute approximate surface area is 163 Å². The van der Waals surface area contributed by atoms with Gasteiger partial charge in [-0.3, -0.25) is 0 Å². The molecule has 2 unspecified atom stereocenters. The zero-order chi connectivity index (χ0) is 20.3. The van der Waals surface area contributed by atoms with Crippen molar-refractivity contribution in [1.29, 1.82) is 0 Å². The number of imidazole rings is 1. The highest BCUT2D eigenvalue weighted by Gasteiger charge is 2.26. The van der Waals surface area contributed by atoms with E-state index in [9.17, 15) is 10.2 Å². The van der Waals surface area contributed by atoms with E-state index in [1.807, 2.05) is 0 Å². The molecule has 7 nitrogen and oxygen atoms in total. The van der Waals surface area contributed by atoms with Gasteiger partial charge in [-0.1, -0.05) is 18.2 Å².